The van der Waals surface area contributed by atoms with Gasteiger partial charge < -0.3 is 9.64 Å². The van der Waals surface area contributed by atoms with E-state index in [9.17, 15) is 8.42 Å². The summed E-state index contributed by atoms with van der Waals surface area (Å²) in [5.74, 6) is 0.264. The molecule has 1 aliphatic rings. The van der Waals surface area contributed by atoms with Crippen LogP contribution in [0.5, 0.6) is 0 Å². The highest BCUT2D eigenvalue weighted by atomic mass is 32.2. The van der Waals surface area contributed by atoms with Crippen molar-refractivity contribution in [3.63, 3.8) is 0 Å². The van der Waals surface area contributed by atoms with Gasteiger partial charge >= 0.3 is 0 Å². The van der Waals surface area contributed by atoms with Crippen LogP contribution in [0.4, 0.5) is 0 Å². The van der Waals surface area contributed by atoms with E-state index in [-0.39, 0.29) is 11.3 Å². The summed E-state index contributed by atoms with van der Waals surface area (Å²) < 4.78 is 31.0. The van der Waals surface area contributed by atoms with E-state index in [1.165, 1.54) is 0 Å². The molecule has 0 aliphatic carbocycles. The summed E-state index contributed by atoms with van der Waals surface area (Å²) in [6.07, 6.45) is 3.40. The fourth-order valence-electron chi connectivity index (χ4n) is 2.78. The molecule has 0 N–H and O–H groups in total. The molecule has 0 aromatic carbocycles. The molecule has 114 valence electrons. The van der Waals surface area contributed by atoms with Crippen molar-refractivity contribution >= 4 is 10.0 Å². The molecule has 5 nitrogen and oxygen atoms in total. The SMILES string of the molecule is CCCS(=O)(=O)N1CCC(CCOC)(N(C)C)CC1. The number of piperidine rings is 1. The minimum absolute atomic E-state index is 0.0776. The average molecular weight is 292 g/mol. The van der Waals surface area contributed by atoms with Crippen LogP contribution in [-0.2, 0) is 14.8 Å². The number of hydrogen-bond acceptors (Lipinski definition) is 4. The predicted octanol–water partition coefficient (Wildman–Crippen LogP) is 1.16. The van der Waals surface area contributed by atoms with Crippen LogP contribution in [0.25, 0.3) is 0 Å². The molecule has 0 spiro atoms. The summed E-state index contributed by atoms with van der Waals surface area (Å²) in [6.45, 7) is 3.89. The van der Waals surface area contributed by atoms with Crippen LogP contribution in [-0.4, -0.2) is 69.8 Å². The van der Waals surface area contributed by atoms with Gasteiger partial charge in [0, 0.05) is 32.3 Å². The van der Waals surface area contributed by atoms with E-state index in [0.29, 0.717) is 19.5 Å². The van der Waals surface area contributed by atoms with Crippen molar-refractivity contribution in [1.82, 2.24) is 9.21 Å². The molecule has 1 heterocycles. The molecule has 6 heteroatoms. The van der Waals surface area contributed by atoms with Gasteiger partial charge in [0.05, 0.1) is 5.75 Å². The largest absolute Gasteiger partial charge is 0.385 e. The Hall–Kier alpha value is -0.170. The van der Waals surface area contributed by atoms with Crippen LogP contribution in [0.2, 0.25) is 0 Å². The van der Waals surface area contributed by atoms with E-state index < -0.39 is 10.0 Å². The smallest absolute Gasteiger partial charge is 0.214 e. The van der Waals surface area contributed by atoms with Gasteiger partial charge in [0.15, 0.2) is 0 Å². The fourth-order valence-corrected chi connectivity index (χ4v) is 4.29. The first-order chi connectivity index (χ1) is 8.88. The molecule has 1 saturated heterocycles. The molecule has 0 aromatic heterocycles. The highest BCUT2D eigenvalue weighted by Crippen LogP contribution is 2.31. The van der Waals surface area contributed by atoms with Gasteiger partial charge in [-0.1, -0.05) is 6.92 Å². The van der Waals surface area contributed by atoms with Crippen LogP contribution in [0.1, 0.15) is 32.6 Å². The summed E-state index contributed by atoms with van der Waals surface area (Å²) in [4.78, 5) is 2.23. The molecule has 19 heavy (non-hydrogen) atoms. The molecule has 0 atom stereocenters. The van der Waals surface area contributed by atoms with Crippen molar-refractivity contribution < 1.29 is 13.2 Å². The first-order valence-electron chi connectivity index (χ1n) is 7.02. The number of sulfonamides is 1. The number of methoxy groups -OCH3 is 1. The molecule has 0 aromatic rings. The van der Waals surface area contributed by atoms with Gasteiger partial charge in [0.1, 0.15) is 0 Å². The Morgan fingerprint density at radius 3 is 2.26 bits per heavy atom. The first-order valence-corrected chi connectivity index (χ1v) is 8.63. The van der Waals surface area contributed by atoms with Crippen LogP contribution in [0.15, 0.2) is 0 Å². The zero-order chi connectivity index (χ0) is 14.5. The van der Waals surface area contributed by atoms with Gasteiger partial charge in [-0.3, -0.25) is 0 Å². The number of nitrogens with zero attached hydrogens (tertiary/aromatic N) is 2. The number of ether oxygens (including phenoxy) is 1. The quantitative estimate of drug-likeness (QED) is 0.706. The lowest BCUT2D eigenvalue weighted by Gasteiger charge is -2.45. The third-order valence-corrected chi connectivity index (χ3v) is 6.30. The summed E-state index contributed by atoms with van der Waals surface area (Å²) in [5.41, 5.74) is 0.0776. The maximum atomic E-state index is 12.1. The zero-order valence-corrected chi connectivity index (χ0v) is 13.5. The van der Waals surface area contributed by atoms with Gasteiger partial charge in [-0.25, -0.2) is 12.7 Å². The molecule has 0 bridgehead atoms. The second-order valence-corrected chi connectivity index (χ2v) is 7.67. The highest BCUT2D eigenvalue weighted by molar-refractivity contribution is 7.89. The molecular weight excluding hydrogens is 264 g/mol. The molecule has 0 unspecified atom stereocenters. The van der Waals surface area contributed by atoms with Crippen molar-refractivity contribution in [3.05, 3.63) is 0 Å². The van der Waals surface area contributed by atoms with Crippen molar-refractivity contribution in [1.29, 1.82) is 0 Å². The summed E-state index contributed by atoms with van der Waals surface area (Å²) in [6, 6.07) is 0. The summed E-state index contributed by atoms with van der Waals surface area (Å²) >= 11 is 0. The van der Waals surface area contributed by atoms with Crippen molar-refractivity contribution in [2.75, 3.05) is 46.7 Å². The molecule has 1 aliphatic heterocycles. The lowest BCUT2D eigenvalue weighted by Crippen LogP contribution is -2.54. The Morgan fingerprint density at radius 2 is 1.84 bits per heavy atom. The van der Waals surface area contributed by atoms with Crippen LogP contribution in [0, 0.1) is 0 Å². The zero-order valence-electron chi connectivity index (χ0n) is 12.7. The predicted molar refractivity (Wildman–Crippen MR) is 77.8 cm³/mol. The Morgan fingerprint density at radius 1 is 1.26 bits per heavy atom. The Labute approximate surface area is 118 Å². The Kier molecular flexibility index (Phi) is 6.23. The van der Waals surface area contributed by atoms with E-state index >= 15 is 0 Å². The lowest BCUT2D eigenvalue weighted by molar-refractivity contribution is 0.0467. The summed E-state index contributed by atoms with van der Waals surface area (Å²) in [5, 5.41) is 0. The third-order valence-electron chi connectivity index (χ3n) is 4.23. The monoisotopic (exact) mass is 292 g/mol. The lowest BCUT2D eigenvalue weighted by atomic mass is 9.84. The van der Waals surface area contributed by atoms with Gasteiger partial charge in [0.25, 0.3) is 0 Å². The Bertz CT molecular complexity index is 360. The van der Waals surface area contributed by atoms with E-state index in [1.807, 2.05) is 6.92 Å². The molecule has 0 radical (unpaired) electrons. The molecule has 0 saturated carbocycles. The van der Waals surface area contributed by atoms with Crippen LogP contribution < -0.4 is 0 Å². The normalized spacial score (nSPS) is 20.9. The van der Waals surface area contributed by atoms with E-state index in [2.05, 4.69) is 19.0 Å². The van der Waals surface area contributed by atoms with Gasteiger partial charge in [-0.05, 0) is 39.8 Å². The minimum Gasteiger partial charge on any atom is -0.385 e. The maximum absolute atomic E-state index is 12.1. The highest BCUT2D eigenvalue weighted by Gasteiger charge is 2.38. The number of rotatable bonds is 7. The average Bonchev–Trinajstić information content (AvgIpc) is 2.36. The second-order valence-electron chi connectivity index (χ2n) is 5.58. The van der Waals surface area contributed by atoms with Gasteiger partial charge in [-0.2, -0.15) is 0 Å². The molecule has 1 rings (SSSR count). The molecular formula is C13H28N2O3S. The van der Waals surface area contributed by atoms with E-state index in [4.69, 9.17) is 4.74 Å². The Balaban J connectivity index is 2.68. The van der Waals surface area contributed by atoms with Gasteiger partial charge in [-0.15, -0.1) is 0 Å². The van der Waals surface area contributed by atoms with Crippen molar-refractivity contribution in [3.8, 4) is 0 Å². The standard InChI is InChI=1S/C13H28N2O3S/c1-5-12-19(16,17)15-9-6-13(7-10-15,14(2)3)8-11-18-4/h5-12H2,1-4H3. The first kappa shape index (κ1) is 16.9. The van der Waals surface area contributed by atoms with Crippen LogP contribution >= 0.6 is 0 Å². The maximum Gasteiger partial charge on any atom is 0.214 e. The van der Waals surface area contributed by atoms with E-state index in [1.54, 1.807) is 11.4 Å². The number of hydrogen-bond donors (Lipinski definition) is 0. The molecule has 0 amide bonds. The molecule has 1 fully saturated rings. The second kappa shape index (κ2) is 7.02. The van der Waals surface area contributed by atoms with E-state index in [0.717, 1.165) is 25.9 Å². The van der Waals surface area contributed by atoms with Gasteiger partial charge in [0.2, 0.25) is 10.0 Å². The van der Waals surface area contributed by atoms with Crippen LogP contribution in [0.3, 0.4) is 0 Å². The minimum atomic E-state index is -3.05. The fraction of sp³-hybridized carbons (Fsp3) is 1.00. The third kappa shape index (κ3) is 4.15. The summed E-state index contributed by atoms with van der Waals surface area (Å²) in [7, 11) is 2.82. The van der Waals surface area contributed by atoms with Crippen molar-refractivity contribution in [2.24, 2.45) is 0 Å². The topological polar surface area (TPSA) is 49.9 Å². The van der Waals surface area contributed by atoms with Crippen molar-refractivity contribution in [2.45, 2.75) is 38.1 Å².